The lowest BCUT2D eigenvalue weighted by atomic mass is 9.97. The quantitative estimate of drug-likeness (QED) is 0.635. The van der Waals surface area contributed by atoms with E-state index >= 15 is 0 Å². The van der Waals surface area contributed by atoms with Gasteiger partial charge in [0.05, 0.1) is 0 Å². The Morgan fingerprint density at radius 3 is 2.57 bits per heavy atom. The van der Waals surface area contributed by atoms with E-state index in [2.05, 4.69) is 15.6 Å². The number of fused-ring (bicyclic) bond motifs is 1. The van der Waals surface area contributed by atoms with Crippen LogP contribution in [-0.4, -0.2) is 22.8 Å². The zero-order valence-corrected chi connectivity index (χ0v) is 16.7. The Balaban J connectivity index is 1.76. The summed E-state index contributed by atoms with van der Waals surface area (Å²) >= 11 is 5.87. The van der Waals surface area contributed by atoms with E-state index in [0.717, 1.165) is 6.42 Å². The van der Waals surface area contributed by atoms with Crippen LogP contribution >= 0.6 is 11.6 Å². The first-order chi connectivity index (χ1) is 13.4. The third-order valence-electron chi connectivity index (χ3n) is 4.65. The van der Waals surface area contributed by atoms with Crippen LogP contribution in [0.4, 0.5) is 5.69 Å². The van der Waals surface area contributed by atoms with Crippen molar-refractivity contribution in [2.45, 2.75) is 33.2 Å². The number of aryl methyl sites for hydroxylation is 1. The summed E-state index contributed by atoms with van der Waals surface area (Å²) in [5.74, 6) is -0.0867. The third-order valence-corrected chi connectivity index (χ3v) is 4.90. The predicted octanol–water partition coefficient (Wildman–Crippen LogP) is 4.57. The first kappa shape index (κ1) is 19.9. The molecule has 28 heavy (non-hydrogen) atoms. The fourth-order valence-electron chi connectivity index (χ4n) is 2.87. The number of aromatic nitrogens is 1. The van der Waals surface area contributed by atoms with Crippen molar-refractivity contribution >= 4 is 40.2 Å². The van der Waals surface area contributed by atoms with Crippen LogP contribution in [0.1, 0.15) is 36.5 Å². The molecule has 0 aliphatic heterocycles. The number of rotatable bonds is 6. The second kappa shape index (κ2) is 8.44. The molecule has 2 unspecified atom stereocenters. The highest BCUT2D eigenvalue weighted by atomic mass is 35.5. The molecule has 6 nitrogen and oxygen atoms in total. The number of anilines is 1. The molecule has 0 aliphatic carbocycles. The molecule has 0 bridgehead atoms. The van der Waals surface area contributed by atoms with Gasteiger partial charge in [0.25, 0.3) is 5.91 Å². The van der Waals surface area contributed by atoms with Gasteiger partial charge in [0, 0.05) is 23.2 Å². The van der Waals surface area contributed by atoms with Gasteiger partial charge in [0.15, 0.2) is 11.5 Å². The predicted molar refractivity (Wildman–Crippen MR) is 110 cm³/mol. The SMILES string of the molecule is CCC(C)C(NC(=O)c1ccc(Cl)cc1)C(=O)Nc1ccc2oc(C)nc2c1. The molecule has 0 saturated carbocycles. The first-order valence-corrected chi connectivity index (χ1v) is 9.49. The highest BCUT2D eigenvalue weighted by Crippen LogP contribution is 2.21. The smallest absolute Gasteiger partial charge is 0.251 e. The summed E-state index contributed by atoms with van der Waals surface area (Å²) in [6, 6.07) is 11.1. The van der Waals surface area contributed by atoms with E-state index in [1.54, 1.807) is 49.4 Å². The van der Waals surface area contributed by atoms with Crippen molar-refractivity contribution in [3.05, 3.63) is 58.9 Å². The molecule has 0 radical (unpaired) electrons. The van der Waals surface area contributed by atoms with E-state index in [9.17, 15) is 9.59 Å². The highest BCUT2D eigenvalue weighted by Gasteiger charge is 2.26. The standard InChI is InChI=1S/C21H22ClN3O3/c1-4-12(2)19(25-20(26)14-5-7-15(22)8-6-14)21(27)24-16-9-10-18-17(11-16)23-13(3)28-18/h5-12,19H,4H2,1-3H3,(H,24,27)(H,25,26). The lowest BCUT2D eigenvalue weighted by Crippen LogP contribution is -2.47. The van der Waals surface area contributed by atoms with Crippen LogP contribution < -0.4 is 10.6 Å². The van der Waals surface area contributed by atoms with E-state index in [-0.39, 0.29) is 17.7 Å². The molecule has 0 aliphatic rings. The molecular weight excluding hydrogens is 378 g/mol. The zero-order valence-electron chi connectivity index (χ0n) is 16.0. The normalized spacial score (nSPS) is 13.1. The van der Waals surface area contributed by atoms with Crippen LogP contribution in [0.15, 0.2) is 46.9 Å². The van der Waals surface area contributed by atoms with Crippen LogP contribution in [0.2, 0.25) is 5.02 Å². The number of hydrogen-bond acceptors (Lipinski definition) is 4. The van der Waals surface area contributed by atoms with Crippen molar-refractivity contribution in [2.24, 2.45) is 5.92 Å². The summed E-state index contributed by atoms with van der Waals surface area (Å²) in [6.07, 6.45) is 0.737. The number of carbonyl (C=O) groups is 2. The Kier molecular flexibility index (Phi) is 5.99. The van der Waals surface area contributed by atoms with Gasteiger partial charge >= 0.3 is 0 Å². The topological polar surface area (TPSA) is 84.2 Å². The molecule has 2 amide bonds. The van der Waals surface area contributed by atoms with E-state index in [4.69, 9.17) is 16.0 Å². The molecule has 146 valence electrons. The lowest BCUT2D eigenvalue weighted by molar-refractivity contribution is -0.119. The van der Waals surface area contributed by atoms with E-state index < -0.39 is 6.04 Å². The largest absolute Gasteiger partial charge is 0.441 e. The molecule has 1 aromatic heterocycles. The third kappa shape index (κ3) is 4.51. The highest BCUT2D eigenvalue weighted by molar-refractivity contribution is 6.30. The van der Waals surface area contributed by atoms with Crippen LogP contribution in [0.3, 0.4) is 0 Å². The maximum atomic E-state index is 12.9. The average Bonchev–Trinajstić information content (AvgIpc) is 3.05. The Morgan fingerprint density at radius 2 is 1.89 bits per heavy atom. The molecule has 2 atom stereocenters. The van der Waals surface area contributed by atoms with Gasteiger partial charge in [-0.15, -0.1) is 0 Å². The van der Waals surface area contributed by atoms with Gasteiger partial charge in [-0.25, -0.2) is 4.98 Å². The second-order valence-electron chi connectivity index (χ2n) is 6.75. The van der Waals surface area contributed by atoms with Crippen molar-refractivity contribution in [1.29, 1.82) is 0 Å². The van der Waals surface area contributed by atoms with Gasteiger partial charge in [0.2, 0.25) is 5.91 Å². The van der Waals surface area contributed by atoms with Gasteiger partial charge in [-0.2, -0.15) is 0 Å². The van der Waals surface area contributed by atoms with Gasteiger partial charge in [-0.05, 0) is 48.4 Å². The van der Waals surface area contributed by atoms with Crippen LogP contribution in [0.5, 0.6) is 0 Å². The molecule has 2 N–H and O–H groups in total. The van der Waals surface area contributed by atoms with Gasteiger partial charge in [-0.1, -0.05) is 31.9 Å². The zero-order chi connectivity index (χ0) is 20.3. The van der Waals surface area contributed by atoms with Crippen molar-refractivity contribution in [1.82, 2.24) is 10.3 Å². The summed E-state index contributed by atoms with van der Waals surface area (Å²) in [5, 5.41) is 6.25. The minimum atomic E-state index is -0.678. The number of amides is 2. The monoisotopic (exact) mass is 399 g/mol. The molecule has 0 saturated heterocycles. The van der Waals surface area contributed by atoms with E-state index in [1.807, 2.05) is 13.8 Å². The Labute approximate surface area is 168 Å². The Hall–Kier alpha value is -2.86. The molecule has 2 aromatic carbocycles. The number of carbonyl (C=O) groups excluding carboxylic acids is 2. The molecule has 0 fully saturated rings. The molecule has 1 heterocycles. The Bertz CT molecular complexity index is 998. The van der Waals surface area contributed by atoms with Crippen LogP contribution in [0, 0.1) is 12.8 Å². The summed E-state index contributed by atoms with van der Waals surface area (Å²) in [7, 11) is 0. The second-order valence-corrected chi connectivity index (χ2v) is 7.18. The number of nitrogens with one attached hydrogen (secondary N) is 2. The molecule has 0 spiro atoms. The Morgan fingerprint density at radius 1 is 1.18 bits per heavy atom. The van der Waals surface area contributed by atoms with Crippen molar-refractivity contribution in [2.75, 3.05) is 5.32 Å². The maximum Gasteiger partial charge on any atom is 0.251 e. The van der Waals surface area contributed by atoms with Gasteiger partial charge in [0.1, 0.15) is 11.6 Å². The van der Waals surface area contributed by atoms with Gasteiger partial charge in [-0.3, -0.25) is 9.59 Å². The van der Waals surface area contributed by atoms with Crippen LogP contribution in [-0.2, 0) is 4.79 Å². The van der Waals surface area contributed by atoms with Crippen LogP contribution in [0.25, 0.3) is 11.1 Å². The number of oxazole rings is 1. The summed E-state index contributed by atoms with van der Waals surface area (Å²) in [5.41, 5.74) is 2.37. The molecule has 7 heteroatoms. The van der Waals surface area contributed by atoms with Gasteiger partial charge < -0.3 is 15.1 Å². The minimum absolute atomic E-state index is 0.0470. The van der Waals surface area contributed by atoms with E-state index in [0.29, 0.717) is 33.3 Å². The molecular formula is C21H22ClN3O3. The maximum absolute atomic E-state index is 12.9. The van der Waals surface area contributed by atoms with Crippen molar-refractivity contribution in [3.8, 4) is 0 Å². The number of halogens is 1. The summed E-state index contributed by atoms with van der Waals surface area (Å²) in [4.78, 5) is 29.7. The number of benzene rings is 2. The fraction of sp³-hybridized carbons (Fsp3) is 0.286. The average molecular weight is 400 g/mol. The summed E-state index contributed by atoms with van der Waals surface area (Å²) in [6.45, 7) is 5.67. The van der Waals surface area contributed by atoms with E-state index in [1.165, 1.54) is 0 Å². The van der Waals surface area contributed by atoms with Crippen molar-refractivity contribution < 1.29 is 14.0 Å². The minimum Gasteiger partial charge on any atom is -0.441 e. The lowest BCUT2D eigenvalue weighted by Gasteiger charge is -2.23. The number of nitrogens with zero attached hydrogens (tertiary/aromatic N) is 1. The molecule has 3 rings (SSSR count). The molecule has 3 aromatic rings. The summed E-state index contributed by atoms with van der Waals surface area (Å²) < 4.78 is 5.45. The number of hydrogen-bond donors (Lipinski definition) is 2. The first-order valence-electron chi connectivity index (χ1n) is 9.12. The fourth-order valence-corrected chi connectivity index (χ4v) is 2.99. The van der Waals surface area contributed by atoms with Crippen molar-refractivity contribution in [3.63, 3.8) is 0 Å².